The zero-order chi connectivity index (χ0) is 36.8. The summed E-state index contributed by atoms with van der Waals surface area (Å²) in [5.41, 5.74) is 2.86. The van der Waals surface area contributed by atoms with Crippen LogP contribution in [0.25, 0.3) is 0 Å². The lowest BCUT2D eigenvalue weighted by molar-refractivity contribution is -0.193. The molecular formula is C28H33F9N4O7. The molecule has 2 aliphatic heterocycles. The Balaban J connectivity index is 0.000000448. The van der Waals surface area contributed by atoms with E-state index in [2.05, 4.69) is 38.0 Å². The summed E-state index contributed by atoms with van der Waals surface area (Å²) in [5, 5.41) is 21.4. The largest absolute Gasteiger partial charge is 0.490 e. The van der Waals surface area contributed by atoms with Crippen molar-refractivity contribution in [2.24, 2.45) is 11.3 Å². The molecule has 2 aromatic heterocycles. The van der Waals surface area contributed by atoms with Gasteiger partial charge < -0.3 is 20.1 Å². The van der Waals surface area contributed by atoms with Gasteiger partial charge in [0.1, 0.15) is 0 Å². The van der Waals surface area contributed by atoms with Crippen molar-refractivity contribution in [1.29, 1.82) is 0 Å². The number of hydrogen-bond donors (Lipinski definition) is 3. The SMILES string of the molecule is COCC1CN(Cc2cccnc2)CC12CCN(Cc1ccccn1)CC2.O=C(O)C(F)(F)F.O=C(O)C(F)(F)F.O=C(O)C(F)(F)F. The predicted octanol–water partition coefficient (Wildman–Crippen LogP) is 4.74. The number of methoxy groups -OCH3 is 1. The number of piperidine rings is 1. The van der Waals surface area contributed by atoms with Crippen LogP contribution in [0, 0.1) is 11.3 Å². The minimum Gasteiger partial charge on any atom is -0.475 e. The molecule has 270 valence electrons. The number of carbonyl (C=O) groups is 3. The number of rotatable bonds is 6. The first-order valence-electron chi connectivity index (χ1n) is 13.7. The van der Waals surface area contributed by atoms with E-state index in [9.17, 15) is 39.5 Å². The topological polar surface area (TPSA) is 153 Å². The summed E-state index contributed by atoms with van der Waals surface area (Å²) in [7, 11) is 1.84. The second kappa shape index (κ2) is 18.5. The normalized spacial score (nSPS) is 17.9. The van der Waals surface area contributed by atoms with Gasteiger partial charge in [-0.15, -0.1) is 0 Å². The van der Waals surface area contributed by atoms with Gasteiger partial charge in [0.2, 0.25) is 0 Å². The van der Waals surface area contributed by atoms with Gasteiger partial charge in [-0.05, 0) is 55.1 Å². The van der Waals surface area contributed by atoms with Crippen LogP contribution in [0.4, 0.5) is 39.5 Å². The predicted molar refractivity (Wildman–Crippen MR) is 147 cm³/mol. The number of alkyl halides is 9. The average molecular weight is 709 g/mol. The fraction of sp³-hybridized carbons (Fsp3) is 0.536. The molecule has 20 heteroatoms. The van der Waals surface area contributed by atoms with Crippen LogP contribution in [0.1, 0.15) is 24.1 Å². The molecule has 48 heavy (non-hydrogen) atoms. The fourth-order valence-corrected chi connectivity index (χ4v) is 4.89. The van der Waals surface area contributed by atoms with E-state index in [4.69, 9.17) is 34.4 Å². The smallest absolute Gasteiger partial charge is 0.475 e. The van der Waals surface area contributed by atoms with Gasteiger partial charge in [-0.25, -0.2) is 14.4 Å². The van der Waals surface area contributed by atoms with Crippen LogP contribution in [-0.4, -0.2) is 111 Å². The first-order valence-corrected chi connectivity index (χ1v) is 13.7. The van der Waals surface area contributed by atoms with Crippen LogP contribution in [0.2, 0.25) is 0 Å². The number of halogens is 9. The average Bonchev–Trinajstić information content (AvgIpc) is 3.30. The van der Waals surface area contributed by atoms with Crippen molar-refractivity contribution in [3.63, 3.8) is 0 Å². The highest BCUT2D eigenvalue weighted by atomic mass is 19.4. The van der Waals surface area contributed by atoms with Gasteiger partial charge in [-0.3, -0.25) is 19.8 Å². The Morgan fingerprint density at radius 3 is 1.73 bits per heavy atom. The van der Waals surface area contributed by atoms with Crippen LogP contribution in [0.15, 0.2) is 48.9 Å². The third-order valence-corrected chi connectivity index (χ3v) is 7.07. The molecule has 2 aliphatic rings. The number of aliphatic carboxylic acids is 3. The number of nitrogens with zero attached hydrogens (tertiary/aromatic N) is 4. The first kappa shape index (κ1) is 42.0. The summed E-state index contributed by atoms with van der Waals surface area (Å²) in [4.78, 5) is 40.6. The quantitative estimate of drug-likeness (QED) is 0.357. The third kappa shape index (κ3) is 15.2. The van der Waals surface area contributed by atoms with E-state index in [1.54, 1.807) is 0 Å². The molecule has 1 atom stereocenters. The summed E-state index contributed by atoms with van der Waals surface area (Å²) >= 11 is 0. The van der Waals surface area contributed by atoms with E-state index in [0.717, 1.165) is 39.3 Å². The first-order chi connectivity index (χ1) is 22.1. The summed E-state index contributed by atoms with van der Waals surface area (Å²) in [6.45, 7) is 7.42. The molecular weight excluding hydrogens is 675 g/mol. The van der Waals surface area contributed by atoms with Gasteiger partial charge in [-0.1, -0.05) is 12.1 Å². The highest BCUT2D eigenvalue weighted by Crippen LogP contribution is 2.45. The molecule has 4 heterocycles. The van der Waals surface area contributed by atoms with E-state index in [0.29, 0.717) is 11.3 Å². The maximum absolute atomic E-state index is 10.6. The molecule has 2 fully saturated rings. The van der Waals surface area contributed by atoms with Gasteiger partial charge in [0, 0.05) is 57.8 Å². The number of ether oxygens (including phenoxy) is 1. The van der Waals surface area contributed by atoms with Gasteiger partial charge in [0.25, 0.3) is 0 Å². The number of carboxylic acids is 3. The zero-order valence-corrected chi connectivity index (χ0v) is 25.2. The van der Waals surface area contributed by atoms with Crippen molar-refractivity contribution >= 4 is 17.9 Å². The molecule has 0 radical (unpaired) electrons. The van der Waals surface area contributed by atoms with E-state index >= 15 is 0 Å². The lowest BCUT2D eigenvalue weighted by Gasteiger charge is -2.42. The lowest BCUT2D eigenvalue weighted by atomic mass is 9.71. The second-order valence-electron chi connectivity index (χ2n) is 10.6. The van der Waals surface area contributed by atoms with Crippen molar-refractivity contribution in [2.75, 3.05) is 39.9 Å². The number of pyridine rings is 2. The van der Waals surface area contributed by atoms with Crippen LogP contribution in [-0.2, 0) is 32.2 Å². The van der Waals surface area contributed by atoms with Crippen LogP contribution in [0.5, 0.6) is 0 Å². The summed E-state index contributed by atoms with van der Waals surface area (Å²) < 4.78 is 101. The lowest BCUT2D eigenvalue weighted by Crippen LogP contribution is -2.45. The standard InChI is InChI=1S/C22H30N4O.3C2HF3O2/c1-27-17-20-15-26(14-19-5-4-9-23-13-19)18-22(20)7-11-25(12-8-22)16-21-6-2-3-10-24-21;3*3-2(4,5)1(6)7/h2-6,9-10,13,20H,7-8,11-12,14-18H2,1H3;3*(H,6,7). The molecule has 3 N–H and O–H groups in total. The van der Waals surface area contributed by atoms with E-state index in [-0.39, 0.29) is 0 Å². The molecule has 0 aliphatic carbocycles. The Bertz CT molecular complexity index is 1220. The van der Waals surface area contributed by atoms with Gasteiger partial charge in [-0.2, -0.15) is 39.5 Å². The van der Waals surface area contributed by atoms with Gasteiger partial charge in [0.05, 0.1) is 12.3 Å². The van der Waals surface area contributed by atoms with Crippen LogP contribution >= 0.6 is 0 Å². The monoisotopic (exact) mass is 708 g/mol. The van der Waals surface area contributed by atoms with E-state index < -0.39 is 36.4 Å². The molecule has 0 aromatic carbocycles. The van der Waals surface area contributed by atoms with E-state index in [1.807, 2.05) is 37.8 Å². The second-order valence-corrected chi connectivity index (χ2v) is 10.6. The highest BCUT2D eigenvalue weighted by molar-refractivity contribution is 5.73. The molecule has 0 saturated carbocycles. The highest BCUT2D eigenvalue weighted by Gasteiger charge is 2.47. The Morgan fingerprint density at radius 2 is 1.33 bits per heavy atom. The number of hydrogen-bond acceptors (Lipinski definition) is 8. The molecule has 0 amide bonds. The Morgan fingerprint density at radius 1 is 0.812 bits per heavy atom. The summed E-state index contributed by atoms with van der Waals surface area (Å²) in [6.07, 6.45) is -7.02. The minimum atomic E-state index is -5.08. The van der Waals surface area contributed by atoms with Crippen molar-refractivity contribution in [3.8, 4) is 0 Å². The van der Waals surface area contributed by atoms with Gasteiger partial charge >= 0.3 is 36.4 Å². The zero-order valence-electron chi connectivity index (χ0n) is 25.2. The van der Waals surface area contributed by atoms with E-state index in [1.165, 1.54) is 30.6 Å². The van der Waals surface area contributed by atoms with Crippen molar-refractivity contribution in [2.45, 2.75) is 44.5 Å². The summed E-state index contributed by atoms with van der Waals surface area (Å²) in [6, 6.07) is 10.4. The van der Waals surface area contributed by atoms with Gasteiger partial charge in [0.15, 0.2) is 0 Å². The molecule has 2 aromatic rings. The molecule has 1 unspecified atom stereocenters. The van der Waals surface area contributed by atoms with Crippen LogP contribution in [0.3, 0.4) is 0 Å². The maximum Gasteiger partial charge on any atom is 0.490 e. The molecule has 1 spiro atoms. The minimum absolute atomic E-state index is 0.388. The third-order valence-electron chi connectivity index (χ3n) is 7.07. The van der Waals surface area contributed by atoms with Crippen LogP contribution < -0.4 is 0 Å². The molecule has 2 saturated heterocycles. The van der Waals surface area contributed by atoms with Crippen molar-refractivity contribution in [3.05, 3.63) is 60.2 Å². The molecule has 0 bridgehead atoms. The molecule has 4 rings (SSSR count). The Hall–Kier alpha value is -4.04. The number of carboxylic acid groups (broad SMARTS) is 3. The fourth-order valence-electron chi connectivity index (χ4n) is 4.89. The van der Waals surface area contributed by atoms with Crippen molar-refractivity contribution < 1.29 is 74.0 Å². The number of aromatic nitrogens is 2. The Labute approximate surface area is 267 Å². The van der Waals surface area contributed by atoms with Crippen molar-refractivity contribution in [1.82, 2.24) is 19.8 Å². The Kier molecular flexibility index (Phi) is 16.2. The number of likely N-dealkylation sites (tertiary alicyclic amines) is 2. The molecule has 11 nitrogen and oxygen atoms in total. The maximum atomic E-state index is 10.6. The summed E-state index contributed by atoms with van der Waals surface area (Å²) in [5.74, 6) is -7.65.